The van der Waals surface area contributed by atoms with Gasteiger partial charge in [-0.2, -0.15) is 0 Å². The normalized spacial score (nSPS) is 10.7. The smallest absolute Gasteiger partial charge is 0.251 e. The minimum Gasteiger partial charge on any atom is -0.354 e. The lowest BCUT2D eigenvalue weighted by Crippen LogP contribution is -2.34. The van der Waals surface area contributed by atoms with Crippen molar-refractivity contribution in [1.29, 1.82) is 0 Å². The fourth-order valence-corrected chi connectivity index (χ4v) is 2.19. The molecule has 0 radical (unpaired) electrons. The lowest BCUT2D eigenvalue weighted by atomic mass is 10.2. The summed E-state index contributed by atoms with van der Waals surface area (Å²) in [6.07, 6.45) is -0.473. The van der Waals surface area contributed by atoms with Gasteiger partial charge >= 0.3 is 0 Å². The van der Waals surface area contributed by atoms with Crippen LogP contribution in [0.15, 0.2) is 30.3 Å². The molecule has 1 aromatic heterocycles. The zero-order valence-electron chi connectivity index (χ0n) is 14.3. The molecule has 0 spiro atoms. The van der Waals surface area contributed by atoms with E-state index in [2.05, 4.69) is 20.6 Å². The van der Waals surface area contributed by atoms with Crippen molar-refractivity contribution in [2.45, 2.75) is 20.1 Å². The Labute approximate surface area is 141 Å². The molecule has 0 unspecified atom stereocenters. The summed E-state index contributed by atoms with van der Waals surface area (Å²) >= 11 is 0. The van der Waals surface area contributed by atoms with Crippen molar-refractivity contribution in [3.05, 3.63) is 47.3 Å². The minimum atomic E-state index is -0.473. The van der Waals surface area contributed by atoms with E-state index in [1.54, 1.807) is 18.2 Å². The SMILES string of the molecule is COC(CNC(=O)c1cccc(Nc2nc(C)cc(C)n2)c1)OC. The molecular weight excluding hydrogens is 308 g/mol. The van der Waals surface area contributed by atoms with Gasteiger partial charge in [0.15, 0.2) is 6.29 Å². The van der Waals surface area contributed by atoms with Gasteiger partial charge in [0.2, 0.25) is 5.95 Å². The van der Waals surface area contributed by atoms with Gasteiger partial charge in [-0.3, -0.25) is 4.79 Å². The van der Waals surface area contributed by atoms with Crippen LogP contribution >= 0.6 is 0 Å². The average Bonchev–Trinajstić information content (AvgIpc) is 2.55. The second kappa shape index (κ2) is 8.37. The van der Waals surface area contributed by atoms with Crippen LogP contribution in [0, 0.1) is 13.8 Å². The summed E-state index contributed by atoms with van der Waals surface area (Å²) in [4.78, 5) is 20.9. The van der Waals surface area contributed by atoms with E-state index in [1.165, 1.54) is 14.2 Å². The van der Waals surface area contributed by atoms with Crippen LogP contribution in [-0.4, -0.2) is 42.9 Å². The van der Waals surface area contributed by atoms with Crippen molar-refractivity contribution in [2.75, 3.05) is 26.1 Å². The number of carbonyl (C=O) groups excluding carboxylic acids is 1. The van der Waals surface area contributed by atoms with Crippen LogP contribution in [0.3, 0.4) is 0 Å². The standard InChI is InChI=1S/C17H22N4O3/c1-11-8-12(2)20-17(19-11)21-14-7-5-6-13(9-14)16(22)18-10-15(23-3)24-4/h5-9,15H,10H2,1-4H3,(H,18,22)(H,19,20,21). The molecule has 0 aliphatic heterocycles. The van der Waals surface area contributed by atoms with Gasteiger partial charge in [0, 0.05) is 36.9 Å². The molecule has 0 aliphatic rings. The first-order valence-electron chi connectivity index (χ1n) is 7.55. The third-order valence-electron chi connectivity index (χ3n) is 3.32. The first kappa shape index (κ1) is 17.8. The predicted molar refractivity (Wildman–Crippen MR) is 91.4 cm³/mol. The summed E-state index contributed by atoms with van der Waals surface area (Å²) in [5.74, 6) is 0.294. The molecular formula is C17H22N4O3. The fourth-order valence-electron chi connectivity index (χ4n) is 2.19. The molecule has 2 rings (SSSR count). The molecule has 7 nitrogen and oxygen atoms in total. The Morgan fingerprint density at radius 1 is 1.12 bits per heavy atom. The fraction of sp³-hybridized carbons (Fsp3) is 0.353. The van der Waals surface area contributed by atoms with E-state index < -0.39 is 6.29 Å². The number of ether oxygens (including phenoxy) is 2. The summed E-state index contributed by atoms with van der Waals surface area (Å²) in [6, 6.07) is 9.02. The second-order valence-electron chi connectivity index (χ2n) is 5.29. The third kappa shape index (κ3) is 5.00. The first-order chi connectivity index (χ1) is 11.5. The molecule has 24 heavy (non-hydrogen) atoms. The van der Waals surface area contributed by atoms with Crippen molar-refractivity contribution in [1.82, 2.24) is 15.3 Å². The molecule has 1 amide bonds. The molecule has 0 aliphatic carbocycles. The Balaban J connectivity index is 2.06. The Kier molecular flexibility index (Phi) is 6.22. The van der Waals surface area contributed by atoms with Gasteiger partial charge in [-0.05, 0) is 38.1 Å². The van der Waals surface area contributed by atoms with E-state index >= 15 is 0 Å². The molecule has 2 N–H and O–H groups in total. The van der Waals surface area contributed by atoms with E-state index in [0.29, 0.717) is 11.5 Å². The van der Waals surface area contributed by atoms with E-state index in [0.717, 1.165) is 17.1 Å². The van der Waals surface area contributed by atoms with Gasteiger partial charge in [-0.25, -0.2) is 9.97 Å². The molecule has 2 aromatic rings. The van der Waals surface area contributed by atoms with Crippen LogP contribution in [0.5, 0.6) is 0 Å². The summed E-state index contributed by atoms with van der Waals surface area (Å²) in [5, 5.41) is 5.88. The number of benzene rings is 1. The topological polar surface area (TPSA) is 85.4 Å². The minimum absolute atomic E-state index is 0.209. The van der Waals surface area contributed by atoms with Crippen LogP contribution in [-0.2, 0) is 9.47 Å². The lowest BCUT2D eigenvalue weighted by Gasteiger charge is -2.14. The number of hydrogen-bond donors (Lipinski definition) is 2. The summed E-state index contributed by atoms with van der Waals surface area (Å²) in [6.45, 7) is 4.08. The Morgan fingerprint density at radius 3 is 2.42 bits per heavy atom. The number of nitrogens with zero attached hydrogens (tertiary/aromatic N) is 2. The number of nitrogens with one attached hydrogen (secondary N) is 2. The highest BCUT2D eigenvalue weighted by Crippen LogP contribution is 2.15. The van der Waals surface area contributed by atoms with Crippen molar-refractivity contribution in [3.63, 3.8) is 0 Å². The van der Waals surface area contributed by atoms with Gasteiger partial charge in [0.05, 0.1) is 6.54 Å². The third-order valence-corrected chi connectivity index (χ3v) is 3.32. The maximum atomic E-state index is 12.2. The number of aromatic nitrogens is 2. The highest BCUT2D eigenvalue weighted by atomic mass is 16.7. The monoisotopic (exact) mass is 330 g/mol. The second-order valence-corrected chi connectivity index (χ2v) is 5.29. The average molecular weight is 330 g/mol. The van der Waals surface area contributed by atoms with E-state index in [9.17, 15) is 4.79 Å². The Bertz CT molecular complexity index is 682. The van der Waals surface area contributed by atoms with E-state index in [4.69, 9.17) is 9.47 Å². The largest absolute Gasteiger partial charge is 0.354 e. The number of rotatable bonds is 7. The van der Waals surface area contributed by atoms with Gasteiger partial charge in [-0.1, -0.05) is 6.07 Å². The quantitative estimate of drug-likeness (QED) is 0.757. The van der Waals surface area contributed by atoms with Crippen LogP contribution < -0.4 is 10.6 Å². The predicted octanol–water partition coefficient (Wildman–Crippen LogP) is 2.19. The highest BCUT2D eigenvalue weighted by Gasteiger charge is 2.10. The Hall–Kier alpha value is -2.51. The number of anilines is 2. The van der Waals surface area contributed by atoms with Crippen LogP contribution in [0.1, 0.15) is 21.7 Å². The van der Waals surface area contributed by atoms with Crippen molar-refractivity contribution in [3.8, 4) is 0 Å². The molecule has 0 bridgehead atoms. The Morgan fingerprint density at radius 2 is 1.79 bits per heavy atom. The first-order valence-corrected chi connectivity index (χ1v) is 7.55. The van der Waals surface area contributed by atoms with E-state index in [1.807, 2.05) is 26.0 Å². The molecule has 0 fully saturated rings. The van der Waals surface area contributed by atoms with Crippen molar-refractivity contribution in [2.24, 2.45) is 0 Å². The number of aryl methyl sites for hydroxylation is 2. The van der Waals surface area contributed by atoms with Crippen molar-refractivity contribution < 1.29 is 14.3 Å². The van der Waals surface area contributed by atoms with Gasteiger partial charge < -0.3 is 20.1 Å². The van der Waals surface area contributed by atoms with E-state index in [-0.39, 0.29) is 12.5 Å². The number of amides is 1. The highest BCUT2D eigenvalue weighted by molar-refractivity contribution is 5.95. The van der Waals surface area contributed by atoms with Gasteiger partial charge in [0.25, 0.3) is 5.91 Å². The molecule has 1 aromatic carbocycles. The van der Waals surface area contributed by atoms with Crippen molar-refractivity contribution >= 4 is 17.5 Å². The molecule has 7 heteroatoms. The number of carbonyl (C=O) groups is 1. The molecule has 0 atom stereocenters. The summed E-state index contributed by atoms with van der Waals surface area (Å²) < 4.78 is 10.1. The zero-order valence-corrected chi connectivity index (χ0v) is 14.3. The zero-order chi connectivity index (χ0) is 17.5. The summed E-state index contributed by atoms with van der Waals surface area (Å²) in [5.41, 5.74) is 3.02. The molecule has 0 saturated carbocycles. The lowest BCUT2D eigenvalue weighted by molar-refractivity contribution is -0.0974. The van der Waals surface area contributed by atoms with Gasteiger partial charge in [-0.15, -0.1) is 0 Å². The van der Waals surface area contributed by atoms with Crippen LogP contribution in [0.25, 0.3) is 0 Å². The van der Waals surface area contributed by atoms with Crippen LogP contribution in [0.2, 0.25) is 0 Å². The summed E-state index contributed by atoms with van der Waals surface area (Å²) in [7, 11) is 3.05. The number of hydrogen-bond acceptors (Lipinski definition) is 6. The molecule has 128 valence electrons. The van der Waals surface area contributed by atoms with Gasteiger partial charge in [0.1, 0.15) is 0 Å². The maximum Gasteiger partial charge on any atom is 0.251 e. The maximum absolute atomic E-state index is 12.2. The molecule has 1 heterocycles. The van der Waals surface area contributed by atoms with Crippen LogP contribution in [0.4, 0.5) is 11.6 Å². The number of methoxy groups -OCH3 is 2. The molecule has 0 saturated heterocycles.